The predicted molar refractivity (Wildman–Crippen MR) is 83.2 cm³/mol. The molecule has 0 aliphatic carbocycles. The maximum Gasteiger partial charge on any atom is 0.254 e. The lowest BCUT2D eigenvalue weighted by Crippen LogP contribution is -2.31. The molecule has 3 rings (SSSR count). The van der Waals surface area contributed by atoms with Crippen LogP contribution in [-0.4, -0.2) is 33.7 Å². The van der Waals surface area contributed by atoms with Crippen LogP contribution < -0.4 is 0 Å². The number of carbonyl (C=O) groups is 1. The quantitative estimate of drug-likeness (QED) is 0.913. The molecular formula is C18H18FNO3. The molecule has 4 nitrogen and oxygen atoms in total. The summed E-state index contributed by atoms with van der Waals surface area (Å²) in [6.07, 6.45) is -0.174. The first-order chi connectivity index (χ1) is 11.1. The maximum absolute atomic E-state index is 13.1. The first-order valence-corrected chi connectivity index (χ1v) is 7.53. The SMILES string of the molecule is O=C(c1cccc(CO)c1)N1C[C@@H](O)C[C@@H]1c1ccc(F)cc1. The van der Waals surface area contributed by atoms with E-state index >= 15 is 0 Å². The Morgan fingerprint density at radius 3 is 2.65 bits per heavy atom. The van der Waals surface area contributed by atoms with E-state index in [-0.39, 0.29) is 30.9 Å². The van der Waals surface area contributed by atoms with E-state index in [1.54, 1.807) is 41.3 Å². The van der Waals surface area contributed by atoms with Gasteiger partial charge in [0.05, 0.1) is 18.8 Å². The lowest BCUT2D eigenvalue weighted by Gasteiger charge is -2.25. The number of aliphatic hydroxyl groups excluding tert-OH is 2. The minimum Gasteiger partial charge on any atom is -0.392 e. The number of likely N-dealkylation sites (tertiary alicyclic amines) is 1. The number of carbonyl (C=O) groups excluding carboxylic acids is 1. The fourth-order valence-corrected chi connectivity index (χ4v) is 3.01. The highest BCUT2D eigenvalue weighted by Crippen LogP contribution is 2.33. The Labute approximate surface area is 133 Å². The van der Waals surface area contributed by atoms with Crippen LogP contribution in [0.1, 0.15) is 33.9 Å². The van der Waals surface area contributed by atoms with Crippen molar-refractivity contribution in [2.45, 2.75) is 25.2 Å². The molecule has 1 fully saturated rings. The Morgan fingerprint density at radius 1 is 1.22 bits per heavy atom. The summed E-state index contributed by atoms with van der Waals surface area (Å²) in [5, 5.41) is 19.2. The summed E-state index contributed by atoms with van der Waals surface area (Å²) >= 11 is 0. The third-order valence-electron chi connectivity index (χ3n) is 4.15. The van der Waals surface area contributed by atoms with Crippen molar-refractivity contribution in [3.63, 3.8) is 0 Å². The van der Waals surface area contributed by atoms with Gasteiger partial charge in [0.2, 0.25) is 0 Å². The normalized spacial score (nSPS) is 20.7. The molecule has 0 aromatic heterocycles. The van der Waals surface area contributed by atoms with Crippen molar-refractivity contribution in [1.29, 1.82) is 0 Å². The summed E-state index contributed by atoms with van der Waals surface area (Å²) in [5.74, 6) is -0.535. The van der Waals surface area contributed by atoms with Gasteiger partial charge in [0.15, 0.2) is 0 Å². The van der Waals surface area contributed by atoms with Gasteiger partial charge in [-0.1, -0.05) is 24.3 Å². The van der Waals surface area contributed by atoms with Gasteiger partial charge in [-0.2, -0.15) is 0 Å². The molecular weight excluding hydrogens is 297 g/mol. The maximum atomic E-state index is 13.1. The van der Waals surface area contributed by atoms with Gasteiger partial charge in [-0.25, -0.2) is 4.39 Å². The van der Waals surface area contributed by atoms with Crippen LogP contribution in [0.3, 0.4) is 0 Å². The number of aliphatic hydroxyl groups is 2. The van der Waals surface area contributed by atoms with Gasteiger partial charge < -0.3 is 15.1 Å². The molecule has 0 unspecified atom stereocenters. The van der Waals surface area contributed by atoms with Crippen molar-refractivity contribution in [1.82, 2.24) is 4.90 Å². The van der Waals surface area contributed by atoms with Crippen LogP contribution in [0.25, 0.3) is 0 Å². The Kier molecular flexibility index (Phi) is 4.41. The zero-order valence-electron chi connectivity index (χ0n) is 12.5. The van der Waals surface area contributed by atoms with Gasteiger partial charge in [-0.3, -0.25) is 4.79 Å². The molecule has 1 aliphatic rings. The second-order valence-electron chi connectivity index (χ2n) is 5.77. The van der Waals surface area contributed by atoms with E-state index < -0.39 is 6.10 Å². The summed E-state index contributed by atoms with van der Waals surface area (Å²) < 4.78 is 13.1. The molecule has 0 bridgehead atoms. The standard InChI is InChI=1S/C18H18FNO3/c19-15-6-4-13(5-7-15)17-9-16(22)10-20(17)18(23)14-3-1-2-12(8-14)11-21/h1-8,16-17,21-22H,9-11H2/t16-,17+/m0/s1. The van der Waals surface area contributed by atoms with E-state index in [0.29, 0.717) is 17.5 Å². The van der Waals surface area contributed by atoms with Crippen LogP contribution in [0.5, 0.6) is 0 Å². The smallest absolute Gasteiger partial charge is 0.254 e. The highest BCUT2D eigenvalue weighted by molar-refractivity contribution is 5.95. The molecule has 2 aromatic rings. The number of rotatable bonds is 3. The summed E-state index contributed by atoms with van der Waals surface area (Å²) in [7, 11) is 0. The van der Waals surface area contributed by atoms with Gasteiger partial charge in [0, 0.05) is 12.1 Å². The number of hydrogen-bond acceptors (Lipinski definition) is 3. The number of β-amino-alcohol motifs (C(OH)–C–C–N with tert-alkyl or cyclic N) is 1. The first-order valence-electron chi connectivity index (χ1n) is 7.53. The topological polar surface area (TPSA) is 60.8 Å². The Balaban J connectivity index is 1.89. The minimum absolute atomic E-state index is 0.134. The second kappa shape index (κ2) is 6.48. The van der Waals surface area contributed by atoms with Gasteiger partial charge in [0.25, 0.3) is 5.91 Å². The molecule has 2 atom stereocenters. The average molecular weight is 315 g/mol. The van der Waals surface area contributed by atoms with E-state index in [2.05, 4.69) is 0 Å². The highest BCUT2D eigenvalue weighted by Gasteiger charge is 2.35. The summed E-state index contributed by atoms with van der Waals surface area (Å²) in [4.78, 5) is 14.4. The molecule has 0 radical (unpaired) electrons. The van der Waals surface area contributed by atoms with Crippen molar-refractivity contribution in [3.8, 4) is 0 Å². The van der Waals surface area contributed by atoms with Gasteiger partial charge in [0.1, 0.15) is 5.82 Å². The van der Waals surface area contributed by atoms with Crippen molar-refractivity contribution in [2.75, 3.05) is 6.54 Å². The Bertz CT molecular complexity index is 702. The third-order valence-corrected chi connectivity index (χ3v) is 4.15. The number of hydrogen-bond donors (Lipinski definition) is 2. The van der Waals surface area contributed by atoms with Crippen LogP contribution in [0.2, 0.25) is 0 Å². The fourth-order valence-electron chi connectivity index (χ4n) is 3.01. The van der Waals surface area contributed by atoms with Crippen LogP contribution in [0.4, 0.5) is 4.39 Å². The van der Waals surface area contributed by atoms with Crippen molar-refractivity contribution in [3.05, 3.63) is 71.0 Å². The molecule has 0 spiro atoms. The second-order valence-corrected chi connectivity index (χ2v) is 5.77. The van der Waals surface area contributed by atoms with E-state index in [1.165, 1.54) is 12.1 Å². The molecule has 1 amide bonds. The zero-order chi connectivity index (χ0) is 16.4. The largest absolute Gasteiger partial charge is 0.392 e. The number of nitrogens with zero attached hydrogens (tertiary/aromatic N) is 1. The van der Waals surface area contributed by atoms with E-state index in [0.717, 1.165) is 5.56 Å². The summed E-state index contributed by atoms with van der Waals surface area (Å²) in [5.41, 5.74) is 1.93. The van der Waals surface area contributed by atoms with E-state index in [4.69, 9.17) is 0 Å². The monoisotopic (exact) mass is 315 g/mol. The minimum atomic E-state index is -0.602. The lowest BCUT2D eigenvalue weighted by atomic mass is 10.0. The highest BCUT2D eigenvalue weighted by atomic mass is 19.1. The van der Waals surface area contributed by atoms with Crippen molar-refractivity contribution >= 4 is 5.91 Å². The van der Waals surface area contributed by atoms with Gasteiger partial charge >= 0.3 is 0 Å². The first kappa shape index (κ1) is 15.6. The van der Waals surface area contributed by atoms with Crippen LogP contribution in [-0.2, 0) is 6.61 Å². The van der Waals surface area contributed by atoms with Gasteiger partial charge in [-0.05, 0) is 41.8 Å². The molecule has 2 aromatic carbocycles. The summed E-state index contributed by atoms with van der Waals surface area (Å²) in [6, 6.07) is 12.5. The van der Waals surface area contributed by atoms with Crippen LogP contribution in [0, 0.1) is 5.82 Å². The molecule has 0 saturated carbocycles. The van der Waals surface area contributed by atoms with Crippen LogP contribution in [0.15, 0.2) is 48.5 Å². The Hall–Kier alpha value is -2.24. The number of benzene rings is 2. The van der Waals surface area contributed by atoms with Gasteiger partial charge in [-0.15, -0.1) is 0 Å². The van der Waals surface area contributed by atoms with Crippen LogP contribution >= 0.6 is 0 Å². The molecule has 2 N–H and O–H groups in total. The fraction of sp³-hybridized carbons (Fsp3) is 0.278. The van der Waals surface area contributed by atoms with E-state index in [1.807, 2.05) is 0 Å². The average Bonchev–Trinajstić information content (AvgIpc) is 2.96. The van der Waals surface area contributed by atoms with E-state index in [9.17, 15) is 19.4 Å². The third kappa shape index (κ3) is 3.25. The van der Waals surface area contributed by atoms with Crippen molar-refractivity contribution in [2.24, 2.45) is 0 Å². The Morgan fingerprint density at radius 2 is 1.96 bits per heavy atom. The molecule has 23 heavy (non-hydrogen) atoms. The molecule has 1 heterocycles. The molecule has 1 saturated heterocycles. The number of halogens is 1. The lowest BCUT2D eigenvalue weighted by molar-refractivity contribution is 0.0715. The summed E-state index contributed by atoms with van der Waals surface area (Å²) in [6.45, 7) is 0.107. The number of amides is 1. The molecule has 120 valence electrons. The molecule has 5 heteroatoms. The molecule has 1 aliphatic heterocycles. The predicted octanol–water partition coefficient (Wildman–Crippen LogP) is 2.27. The van der Waals surface area contributed by atoms with Crippen molar-refractivity contribution < 1.29 is 19.4 Å². The zero-order valence-corrected chi connectivity index (χ0v) is 12.5.